The van der Waals surface area contributed by atoms with Gasteiger partial charge in [0.25, 0.3) is 0 Å². The number of nitrogens with zero attached hydrogens (tertiary/aromatic N) is 6. The predicted octanol–water partition coefficient (Wildman–Crippen LogP) is 5.43. The molecule has 0 bridgehead atoms. The normalized spacial score (nSPS) is 13.2. The van der Waals surface area contributed by atoms with Crippen LogP contribution in [0.15, 0.2) is 36.9 Å². The summed E-state index contributed by atoms with van der Waals surface area (Å²) in [4.78, 5) is 21.5. The monoisotopic (exact) mass is 564 g/mol. The molecule has 0 aliphatic heterocycles. The van der Waals surface area contributed by atoms with Crippen LogP contribution >= 0.6 is 0 Å². The summed E-state index contributed by atoms with van der Waals surface area (Å²) < 4.78 is 82.2. The van der Waals surface area contributed by atoms with Crippen molar-refractivity contribution in [1.29, 1.82) is 5.26 Å². The third kappa shape index (κ3) is 6.41. The maximum atomic E-state index is 13.9. The number of aryl methyl sites for hydroxylation is 2. The Hall–Kier alpha value is -4.41. The lowest BCUT2D eigenvalue weighted by Crippen LogP contribution is -2.15. The van der Waals surface area contributed by atoms with Crippen LogP contribution < -0.4 is 4.74 Å². The molecule has 0 unspecified atom stereocenters. The van der Waals surface area contributed by atoms with Crippen LogP contribution in [-0.4, -0.2) is 43.2 Å². The smallest absolute Gasteiger partial charge is 0.446 e. The lowest BCUT2D eigenvalue weighted by atomic mass is 10.0. The average Bonchev–Trinajstić information content (AvgIpc) is 3.51. The van der Waals surface area contributed by atoms with E-state index in [9.17, 15) is 31.6 Å². The molecule has 0 N–H and O–H groups in total. The third-order valence-corrected chi connectivity index (χ3v) is 6.23. The lowest BCUT2D eigenvalue weighted by molar-refractivity contribution is -0.156. The first kappa shape index (κ1) is 28.6. The van der Waals surface area contributed by atoms with Crippen LogP contribution in [0.4, 0.5) is 26.3 Å². The number of alkyl halides is 6. The van der Waals surface area contributed by atoms with Gasteiger partial charge in [0.1, 0.15) is 23.9 Å². The number of carbonyl (C=O) groups excluding carboxylic acids is 1. The summed E-state index contributed by atoms with van der Waals surface area (Å²) in [5, 5.41) is 9.43. The first-order valence-electron chi connectivity index (χ1n) is 12.0. The summed E-state index contributed by atoms with van der Waals surface area (Å²) in [6, 6.07) is 7.44. The number of benzene rings is 1. The van der Waals surface area contributed by atoms with Crippen LogP contribution in [-0.2, 0) is 37.4 Å². The molecule has 40 heavy (non-hydrogen) atoms. The molecule has 1 aromatic carbocycles. The number of fused-ring (bicyclic) bond motifs is 2. The number of nitriles is 1. The molecule has 5 rings (SSSR count). The van der Waals surface area contributed by atoms with Gasteiger partial charge in [0.2, 0.25) is 6.29 Å². The number of pyridine rings is 1. The van der Waals surface area contributed by atoms with E-state index in [4.69, 9.17) is 9.53 Å². The molecule has 0 amide bonds. The number of halogens is 6. The molecule has 1 aliphatic rings. The predicted molar refractivity (Wildman–Crippen MR) is 130 cm³/mol. The SMILES string of the molecule is Cn1cnc2c(C#N)nc(-c3ccc(OCCn4cnc5c4CCCC5)c(C(F)(F)F)c3)cc21.O=CC(F)(F)F. The molecule has 0 fully saturated rings. The van der Waals surface area contributed by atoms with E-state index in [1.54, 1.807) is 24.0 Å². The summed E-state index contributed by atoms with van der Waals surface area (Å²) in [6.45, 7) is 0.509. The number of hydrogen-bond acceptors (Lipinski definition) is 6. The Morgan fingerprint density at radius 2 is 1.80 bits per heavy atom. The lowest BCUT2D eigenvalue weighted by Gasteiger charge is -2.17. The van der Waals surface area contributed by atoms with Crippen molar-refractivity contribution >= 4 is 17.3 Å². The molecule has 3 heterocycles. The number of carbonyl (C=O) groups is 1. The van der Waals surface area contributed by atoms with Gasteiger partial charge in [-0.2, -0.15) is 31.6 Å². The third-order valence-electron chi connectivity index (χ3n) is 6.23. The van der Waals surface area contributed by atoms with E-state index < -0.39 is 24.2 Å². The molecule has 3 aromatic heterocycles. The van der Waals surface area contributed by atoms with Crippen molar-refractivity contribution in [3.05, 3.63) is 59.6 Å². The Morgan fingerprint density at radius 1 is 1.07 bits per heavy atom. The van der Waals surface area contributed by atoms with Gasteiger partial charge in [0, 0.05) is 18.3 Å². The van der Waals surface area contributed by atoms with E-state index in [1.807, 2.05) is 10.6 Å². The summed E-state index contributed by atoms with van der Waals surface area (Å²) in [5.74, 6) is -0.243. The van der Waals surface area contributed by atoms with E-state index in [0.717, 1.165) is 43.1 Å². The molecule has 4 aromatic rings. The van der Waals surface area contributed by atoms with Crippen molar-refractivity contribution in [2.24, 2.45) is 7.05 Å². The summed E-state index contributed by atoms with van der Waals surface area (Å²) in [7, 11) is 1.75. The van der Waals surface area contributed by atoms with Gasteiger partial charge in [-0.3, -0.25) is 4.79 Å². The van der Waals surface area contributed by atoms with Gasteiger partial charge in [-0.05, 0) is 49.9 Å². The Morgan fingerprint density at radius 3 is 2.48 bits per heavy atom. The topological polar surface area (TPSA) is 98.6 Å². The summed E-state index contributed by atoms with van der Waals surface area (Å²) in [6.07, 6.45) is -2.98. The van der Waals surface area contributed by atoms with Crippen molar-refractivity contribution in [3.63, 3.8) is 0 Å². The van der Waals surface area contributed by atoms with Gasteiger partial charge in [-0.1, -0.05) is 0 Å². The van der Waals surface area contributed by atoms with Crippen molar-refractivity contribution in [2.75, 3.05) is 6.61 Å². The van der Waals surface area contributed by atoms with Gasteiger partial charge < -0.3 is 13.9 Å². The molecule has 0 radical (unpaired) electrons. The maximum Gasteiger partial charge on any atom is 0.446 e. The van der Waals surface area contributed by atoms with Crippen LogP contribution in [0.25, 0.3) is 22.3 Å². The van der Waals surface area contributed by atoms with E-state index in [-0.39, 0.29) is 29.3 Å². The van der Waals surface area contributed by atoms with E-state index >= 15 is 0 Å². The largest absolute Gasteiger partial charge is 0.491 e. The number of ether oxygens (including phenoxy) is 1. The number of aromatic nitrogens is 5. The minimum absolute atomic E-state index is 0.0608. The second-order valence-electron chi connectivity index (χ2n) is 8.95. The van der Waals surface area contributed by atoms with Gasteiger partial charge in [0.05, 0.1) is 41.7 Å². The maximum absolute atomic E-state index is 13.9. The highest BCUT2D eigenvalue weighted by atomic mass is 19.4. The average molecular weight is 564 g/mol. The standard InChI is InChI=1S/C24H21F3N6O.C2HF3O/c1-32-13-30-23-19(12-28)31-18(11-21(23)32)15-6-7-22(16(10-15)24(25,26)27)34-9-8-33-14-29-17-4-2-3-5-20(17)33;3-2(4,5)1-6/h6-7,10-11,13-14H,2-5,8-9H2,1H3;1H. The second kappa shape index (κ2) is 11.4. The minimum Gasteiger partial charge on any atom is -0.491 e. The van der Waals surface area contributed by atoms with Gasteiger partial charge in [0.15, 0.2) is 5.69 Å². The second-order valence-corrected chi connectivity index (χ2v) is 8.95. The molecule has 8 nitrogen and oxygen atoms in total. The molecule has 210 valence electrons. The van der Waals surface area contributed by atoms with E-state index in [2.05, 4.69) is 15.0 Å². The zero-order chi connectivity index (χ0) is 29.1. The number of hydrogen-bond donors (Lipinski definition) is 0. The number of aldehydes is 1. The molecule has 0 saturated heterocycles. The van der Waals surface area contributed by atoms with Crippen LogP contribution in [0.2, 0.25) is 0 Å². The molecule has 0 saturated carbocycles. The highest BCUT2D eigenvalue weighted by Crippen LogP contribution is 2.39. The highest BCUT2D eigenvalue weighted by Gasteiger charge is 2.35. The Balaban J connectivity index is 0.000000557. The number of imidazole rings is 2. The summed E-state index contributed by atoms with van der Waals surface area (Å²) in [5.41, 5.74) is 2.91. The molecule has 14 heteroatoms. The summed E-state index contributed by atoms with van der Waals surface area (Å²) >= 11 is 0. The Bertz CT molecular complexity index is 1560. The van der Waals surface area contributed by atoms with Crippen LogP contribution in [0.1, 0.15) is 35.5 Å². The molecular formula is C26H22F6N6O2. The molecular weight excluding hydrogens is 542 g/mol. The first-order chi connectivity index (χ1) is 18.9. The van der Waals surface area contributed by atoms with Crippen LogP contribution in [0.5, 0.6) is 5.75 Å². The molecule has 0 spiro atoms. The van der Waals surface area contributed by atoms with Crippen LogP contribution in [0.3, 0.4) is 0 Å². The van der Waals surface area contributed by atoms with Crippen molar-refractivity contribution in [2.45, 2.75) is 44.6 Å². The van der Waals surface area contributed by atoms with Crippen molar-refractivity contribution in [1.82, 2.24) is 24.1 Å². The zero-order valence-corrected chi connectivity index (χ0v) is 21.1. The van der Waals surface area contributed by atoms with Gasteiger partial charge >= 0.3 is 12.4 Å². The van der Waals surface area contributed by atoms with Crippen molar-refractivity contribution < 1.29 is 35.9 Å². The molecule has 0 atom stereocenters. The van der Waals surface area contributed by atoms with Crippen LogP contribution in [0, 0.1) is 11.3 Å². The fourth-order valence-electron chi connectivity index (χ4n) is 4.37. The molecule has 1 aliphatic carbocycles. The van der Waals surface area contributed by atoms with E-state index in [1.165, 1.54) is 18.5 Å². The quantitative estimate of drug-likeness (QED) is 0.237. The minimum atomic E-state index is -4.64. The Labute approximate surface area is 223 Å². The first-order valence-corrected chi connectivity index (χ1v) is 12.0. The van der Waals surface area contributed by atoms with E-state index in [0.29, 0.717) is 17.6 Å². The van der Waals surface area contributed by atoms with Gasteiger partial charge in [-0.25, -0.2) is 15.0 Å². The Kier molecular flexibility index (Phi) is 8.13. The fourth-order valence-corrected chi connectivity index (χ4v) is 4.37. The zero-order valence-electron chi connectivity index (χ0n) is 21.1. The van der Waals surface area contributed by atoms with Crippen molar-refractivity contribution in [3.8, 4) is 23.1 Å². The fraction of sp³-hybridized carbons (Fsp3) is 0.346. The number of rotatable bonds is 5. The van der Waals surface area contributed by atoms with Gasteiger partial charge in [-0.15, -0.1) is 0 Å². The highest BCUT2D eigenvalue weighted by molar-refractivity contribution is 5.84.